The highest BCUT2D eigenvalue weighted by atomic mass is 32.1. The first kappa shape index (κ1) is 9.98. The fourth-order valence-corrected chi connectivity index (χ4v) is 2.79. The van der Waals surface area contributed by atoms with Gasteiger partial charge in [-0.2, -0.15) is 0 Å². The second-order valence-corrected chi connectivity index (χ2v) is 4.38. The molecule has 0 fully saturated rings. The van der Waals surface area contributed by atoms with E-state index in [0.29, 0.717) is 17.4 Å². The summed E-state index contributed by atoms with van der Waals surface area (Å²) in [6.07, 6.45) is 0.696. The van der Waals surface area contributed by atoms with Crippen LogP contribution >= 0.6 is 11.3 Å². The van der Waals surface area contributed by atoms with Gasteiger partial charge in [0.25, 0.3) is 0 Å². The Balaban J connectivity index is 2.80. The molecule has 0 saturated carbocycles. The summed E-state index contributed by atoms with van der Waals surface area (Å²) < 4.78 is 0.823. The predicted molar refractivity (Wildman–Crippen MR) is 59.8 cm³/mol. The molecule has 0 aliphatic rings. The molecule has 2 N–H and O–H groups in total. The van der Waals surface area contributed by atoms with Crippen molar-refractivity contribution in [3.8, 4) is 5.75 Å². The smallest absolute Gasteiger partial charge is 0.337 e. The largest absolute Gasteiger partial charge is 0.508 e. The van der Waals surface area contributed by atoms with E-state index in [2.05, 4.69) is 0 Å². The lowest BCUT2D eigenvalue weighted by Crippen LogP contribution is -1.97. The number of rotatable bonds is 2. The highest BCUT2D eigenvalue weighted by Gasteiger charge is 2.16. The van der Waals surface area contributed by atoms with E-state index in [4.69, 9.17) is 5.11 Å². The maximum atomic E-state index is 11.1. The van der Waals surface area contributed by atoms with E-state index in [1.807, 2.05) is 6.92 Å². The molecule has 0 bridgehead atoms. The molecule has 1 aromatic heterocycles. The average molecular weight is 222 g/mol. The van der Waals surface area contributed by atoms with Gasteiger partial charge in [-0.1, -0.05) is 6.92 Å². The molecule has 2 aromatic rings. The Morgan fingerprint density at radius 1 is 1.47 bits per heavy atom. The molecule has 0 amide bonds. The van der Waals surface area contributed by atoms with Gasteiger partial charge in [0, 0.05) is 15.0 Å². The maximum absolute atomic E-state index is 11.1. The summed E-state index contributed by atoms with van der Waals surface area (Å²) in [5.41, 5.74) is 0.373. The van der Waals surface area contributed by atoms with Crippen molar-refractivity contribution in [1.82, 2.24) is 0 Å². The minimum atomic E-state index is -0.899. The third-order valence-corrected chi connectivity index (χ3v) is 3.58. The maximum Gasteiger partial charge on any atom is 0.337 e. The lowest BCUT2D eigenvalue weighted by molar-refractivity contribution is 0.0698. The van der Waals surface area contributed by atoms with Gasteiger partial charge in [0.2, 0.25) is 0 Å². The molecule has 0 saturated heterocycles. The molecule has 0 unspecified atom stereocenters. The molecular weight excluding hydrogens is 212 g/mol. The summed E-state index contributed by atoms with van der Waals surface area (Å²) in [4.78, 5) is 11.9. The van der Waals surface area contributed by atoms with Gasteiger partial charge < -0.3 is 10.2 Å². The van der Waals surface area contributed by atoms with Gasteiger partial charge in [-0.05, 0) is 24.6 Å². The Morgan fingerprint density at radius 3 is 2.80 bits per heavy atom. The second-order valence-electron chi connectivity index (χ2n) is 3.24. The van der Waals surface area contributed by atoms with Crippen LogP contribution in [0.25, 0.3) is 10.1 Å². The van der Waals surface area contributed by atoms with Gasteiger partial charge in [-0.3, -0.25) is 0 Å². The Labute approximate surface area is 90.6 Å². The van der Waals surface area contributed by atoms with Gasteiger partial charge >= 0.3 is 5.97 Å². The van der Waals surface area contributed by atoms with Crippen LogP contribution in [0.1, 0.15) is 22.2 Å². The Hall–Kier alpha value is -1.55. The summed E-state index contributed by atoms with van der Waals surface area (Å²) >= 11 is 1.43. The van der Waals surface area contributed by atoms with Crippen LogP contribution in [0.15, 0.2) is 18.2 Å². The zero-order valence-corrected chi connectivity index (χ0v) is 8.97. The molecule has 4 heteroatoms. The van der Waals surface area contributed by atoms with Crippen LogP contribution in [0.2, 0.25) is 0 Å². The number of hydrogen-bond acceptors (Lipinski definition) is 3. The molecule has 0 radical (unpaired) electrons. The lowest BCUT2D eigenvalue weighted by Gasteiger charge is -1.95. The van der Waals surface area contributed by atoms with E-state index in [1.54, 1.807) is 12.1 Å². The topological polar surface area (TPSA) is 57.5 Å². The van der Waals surface area contributed by atoms with Crippen LogP contribution in [0.3, 0.4) is 0 Å². The van der Waals surface area contributed by atoms with Gasteiger partial charge in [0.05, 0.1) is 5.56 Å². The van der Waals surface area contributed by atoms with Crippen LogP contribution in [0, 0.1) is 0 Å². The molecule has 1 heterocycles. The number of phenols is 1. The first-order chi connectivity index (χ1) is 7.13. The van der Waals surface area contributed by atoms with Crippen molar-refractivity contribution >= 4 is 27.4 Å². The van der Waals surface area contributed by atoms with Crippen LogP contribution in [-0.2, 0) is 6.42 Å². The number of aromatic hydroxyl groups is 1. The standard InChI is InChI=1S/C11H10O3S/c1-2-8-10(11(13)14)7-4-3-6(12)5-9(7)15-8/h3-5,12H,2H2,1H3,(H,13,14). The molecule has 15 heavy (non-hydrogen) atoms. The van der Waals surface area contributed by atoms with Crippen LogP contribution in [0.5, 0.6) is 5.75 Å². The van der Waals surface area contributed by atoms with Gasteiger partial charge in [0.1, 0.15) is 5.75 Å². The van der Waals surface area contributed by atoms with Crippen molar-refractivity contribution in [1.29, 1.82) is 0 Å². The molecule has 78 valence electrons. The van der Waals surface area contributed by atoms with E-state index < -0.39 is 5.97 Å². The van der Waals surface area contributed by atoms with E-state index in [-0.39, 0.29) is 5.75 Å². The number of benzene rings is 1. The van der Waals surface area contributed by atoms with Gasteiger partial charge in [0.15, 0.2) is 0 Å². The molecule has 3 nitrogen and oxygen atoms in total. The SMILES string of the molecule is CCc1sc2cc(O)ccc2c1C(=O)O. The van der Waals surface area contributed by atoms with Crippen molar-refractivity contribution in [2.45, 2.75) is 13.3 Å². The highest BCUT2D eigenvalue weighted by molar-refractivity contribution is 7.19. The minimum absolute atomic E-state index is 0.170. The summed E-state index contributed by atoms with van der Waals surface area (Å²) in [6.45, 7) is 1.93. The Kier molecular flexibility index (Phi) is 2.36. The number of carboxylic acids is 1. The molecule has 0 spiro atoms. The van der Waals surface area contributed by atoms with E-state index in [9.17, 15) is 9.90 Å². The number of carbonyl (C=O) groups is 1. The Morgan fingerprint density at radius 2 is 2.20 bits per heavy atom. The fourth-order valence-electron chi connectivity index (χ4n) is 1.62. The molecule has 0 atom stereocenters. The number of aryl methyl sites for hydroxylation is 1. The van der Waals surface area contributed by atoms with Gasteiger partial charge in [-0.25, -0.2) is 4.79 Å². The van der Waals surface area contributed by atoms with Crippen LogP contribution in [-0.4, -0.2) is 16.2 Å². The van der Waals surface area contributed by atoms with Gasteiger partial charge in [-0.15, -0.1) is 11.3 Å². The van der Waals surface area contributed by atoms with E-state index in [1.165, 1.54) is 17.4 Å². The van der Waals surface area contributed by atoms with Crippen molar-refractivity contribution in [3.63, 3.8) is 0 Å². The zero-order valence-electron chi connectivity index (χ0n) is 8.15. The number of fused-ring (bicyclic) bond motifs is 1. The van der Waals surface area contributed by atoms with Crippen molar-refractivity contribution in [2.24, 2.45) is 0 Å². The number of phenolic OH excluding ortho intramolecular Hbond substituents is 1. The quantitative estimate of drug-likeness (QED) is 0.821. The second kappa shape index (κ2) is 3.55. The lowest BCUT2D eigenvalue weighted by atomic mass is 10.1. The molecule has 2 rings (SSSR count). The highest BCUT2D eigenvalue weighted by Crippen LogP contribution is 2.33. The molecule has 0 aliphatic carbocycles. The molecule has 1 aromatic carbocycles. The monoisotopic (exact) mass is 222 g/mol. The summed E-state index contributed by atoms with van der Waals surface area (Å²) in [5, 5.41) is 19.1. The molecule has 0 aliphatic heterocycles. The van der Waals surface area contributed by atoms with E-state index in [0.717, 1.165) is 9.58 Å². The fraction of sp³-hybridized carbons (Fsp3) is 0.182. The summed E-state index contributed by atoms with van der Waals surface area (Å²) in [5.74, 6) is -0.730. The minimum Gasteiger partial charge on any atom is -0.508 e. The van der Waals surface area contributed by atoms with Crippen molar-refractivity contribution < 1.29 is 15.0 Å². The summed E-state index contributed by atoms with van der Waals surface area (Å²) in [6, 6.07) is 4.77. The van der Waals surface area contributed by atoms with Crippen LogP contribution in [0.4, 0.5) is 0 Å². The average Bonchev–Trinajstić information content (AvgIpc) is 2.54. The number of aromatic carboxylic acids is 1. The third-order valence-electron chi connectivity index (χ3n) is 2.28. The van der Waals surface area contributed by atoms with Crippen molar-refractivity contribution in [2.75, 3.05) is 0 Å². The first-order valence-corrected chi connectivity index (χ1v) is 5.42. The third kappa shape index (κ3) is 1.57. The predicted octanol–water partition coefficient (Wildman–Crippen LogP) is 2.87. The number of thiophene rings is 1. The first-order valence-electron chi connectivity index (χ1n) is 4.61. The number of carboxylic acid groups (broad SMARTS) is 1. The Bertz CT molecular complexity index is 528. The summed E-state index contributed by atoms with van der Waals surface area (Å²) in [7, 11) is 0. The van der Waals surface area contributed by atoms with Crippen molar-refractivity contribution in [3.05, 3.63) is 28.6 Å². The number of hydrogen-bond donors (Lipinski definition) is 2. The zero-order chi connectivity index (χ0) is 11.0. The van der Waals surface area contributed by atoms with E-state index >= 15 is 0 Å². The molecular formula is C11H10O3S. The normalized spacial score (nSPS) is 10.7. The van der Waals surface area contributed by atoms with Crippen LogP contribution < -0.4 is 0 Å².